The van der Waals surface area contributed by atoms with Crippen molar-refractivity contribution in [1.29, 1.82) is 0 Å². The first-order chi connectivity index (χ1) is 24.7. The normalized spacial score (nSPS) is 19.9. The maximum absolute atomic E-state index is 14.2. The summed E-state index contributed by atoms with van der Waals surface area (Å²) in [6.07, 6.45) is 2.77. The molecule has 16 nitrogen and oxygen atoms in total. The lowest BCUT2D eigenvalue weighted by molar-refractivity contribution is -0.149. The van der Waals surface area contributed by atoms with Crippen LogP contribution in [0.1, 0.15) is 68.9 Å². The highest BCUT2D eigenvalue weighted by Gasteiger charge is 2.45. The van der Waals surface area contributed by atoms with E-state index >= 15 is 0 Å². The summed E-state index contributed by atoms with van der Waals surface area (Å²) in [4.78, 5) is 98.2. The lowest BCUT2D eigenvalue weighted by Crippen LogP contribution is -2.58. The van der Waals surface area contributed by atoms with E-state index in [0.717, 1.165) is 12.0 Å². The molecule has 52 heavy (non-hydrogen) atoms. The Balaban J connectivity index is 1.51. The quantitative estimate of drug-likeness (QED) is 0.106. The van der Waals surface area contributed by atoms with Crippen LogP contribution in [0.15, 0.2) is 54.6 Å². The second-order valence-electron chi connectivity index (χ2n) is 13.0. The van der Waals surface area contributed by atoms with Crippen LogP contribution in [0.2, 0.25) is 0 Å². The predicted molar refractivity (Wildman–Crippen MR) is 186 cm³/mol. The summed E-state index contributed by atoms with van der Waals surface area (Å²) in [5.41, 5.74) is 6.56. The van der Waals surface area contributed by atoms with Crippen molar-refractivity contribution >= 4 is 43.3 Å². The first-order valence-corrected chi connectivity index (χ1v) is 18.7. The largest absolute Gasteiger partial charge is 0.524 e. The number of carbonyl (C=O) groups is 6. The highest BCUT2D eigenvalue weighted by atomic mass is 31.2. The van der Waals surface area contributed by atoms with Crippen LogP contribution in [0.4, 0.5) is 0 Å². The number of nitrogens with two attached hydrogens (primary N) is 1. The Morgan fingerprint density at radius 1 is 0.942 bits per heavy atom. The van der Waals surface area contributed by atoms with Crippen molar-refractivity contribution in [1.82, 2.24) is 20.9 Å². The molecule has 0 bridgehead atoms. The van der Waals surface area contributed by atoms with E-state index in [1.807, 2.05) is 6.07 Å². The summed E-state index contributed by atoms with van der Waals surface area (Å²) in [5, 5.41) is 7.97. The topological polar surface area (TPSA) is 244 Å². The average molecular weight is 744 g/mol. The molecule has 2 aliphatic heterocycles. The number of primary amides is 1. The van der Waals surface area contributed by atoms with E-state index in [0.29, 0.717) is 37.7 Å². The Morgan fingerprint density at radius 3 is 2.29 bits per heavy atom. The molecule has 0 aliphatic carbocycles. The second-order valence-corrected chi connectivity index (χ2v) is 14.2. The van der Waals surface area contributed by atoms with E-state index in [1.165, 1.54) is 36.2 Å². The number of amides is 5. The van der Waals surface area contributed by atoms with Gasteiger partial charge in [-0.15, -0.1) is 0 Å². The average Bonchev–Trinajstić information content (AvgIpc) is 3.52. The van der Waals surface area contributed by atoms with Gasteiger partial charge in [0.15, 0.2) is 0 Å². The van der Waals surface area contributed by atoms with Gasteiger partial charge < -0.3 is 35.8 Å². The van der Waals surface area contributed by atoms with E-state index in [1.54, 1.807) is 24.3 Å². The molecule has 4 rings (SSSR count). The zero-order chi connectivity index (χ0) is 37.8. The third kappa shape index (κ3) is 11.9. The van der Waals surface area contributed by atoms with Gasteiger partial charge in [0.2, 0.25) is 29.5 Å². The number of hydrogen-bond acceptors (Lipinski definition) is 9. The summed E-state index contributed by atoms with van der Waals surface area (Å²) in [7, 11) is -3.39. The second kappa shape index (κ2) is 18.6. The zero-order valence-corrected chi connectivity index (χ0v) is 29.8. The number of esters is 1. The molecule has 7 N–H and O–H groups in total. The lowest BCUT2D eigenvalue weighted by Gasteiger charge is -2.36. The summed E-state index contributed by atoms with van der Waals surface area (Å²) < 4.78 is 21.3. The van der Waals surface area contributed by atoms with Crippen LogP contribution >= 0.6 is 7.82 Å². The van der Waals surface area contributed by atoms with Gasteiger partial charge in [0.25, 0.3) is 0 Å². The number of likely N-dealkylation sites (N-methyl/N-ethyl adjacent to an activating group) is 1. The number of benzene rings is 2. The standard InChI is InChI=1S/C35H46N5O11P/c1-37-33(44)27(16-18-30(36)41)38-34(45)29-17-13-25-9-5-6-10-28(35(46)40(25)29)39-32(43)24(20-31(42)50-21-23-7-3-2-4-8-23)19-22-11-14-26(15-12-22)51-52(47,48)49/h2-4,7-8,11-12,14-15,24-25,27-29H,5-6,9-10,13,16-21H2,1H3,(H2,36,41)(H,37,44)(H,38,45)(H,39,43)(H2,47,48,49)/t24-,25+,27+,28+,29+/m1/s1. The minimum absolute atomic E-state index is 0.00730. The Bertz CT molecular complexity index is 1640. The van der Waals surface area contributed by atoms with Crippen molar-refractivity contribution in [2.75, 3.05) is 7.05 Å². The fraction of sp³-hybridized carbons (Fsp3) is 0.486. The number of phosphoric acid groups is 1. The van der Waals surface area contributed by atoms with Crippen LogP contribution < -0.4 is 26.2 Å². The Labute approximate surface area is 301 Å². The van der Waals surface area contributed by atoms with E-state index in [4.69, 9.17) is 20.3 Å². The number of phosphoric ester groups is 1. The van der Waals surface area contributed by atoms with Crippen molar-refractivity contribution in [2.45, 2.75) is 95.0 Å². The van der Waals surface area contributed by atoms with Gasteiger partial charge in [-0.2, -0.15) is 0 Å². The molecular formula is C35H46N5O11P. The molecule has 0 spiro atoms. The van der Waals surface area contributed by atoms with Crippen LogP contribution in [-0.2, 0) is 51.1 Å². The molecule has 2 saturated heterocycles. The SMILES string of the molecule is CNC(=O)[C@H](CCC(N)=O)NC(=O)[C@@H]1CC[C@@H]2CCCC[C@H](NC(=O)[C@@H](CC(=O)OCc3ccccc3)Cc3ccc(OP(=O)(O)O)cc3)C(=O)N21. The van der Waals surface area contributed by atoms with Gasteiger partial charge in [-0.05, 0) is 61.8 Å². The number of nitrogens with zero attached hydrogens (tertiary/aromatic N) is 1. The zero-order valence-electron chi connectivity index (χ0n) is 28.9. The fourth-order valence-corrected chi connectivity index (χ4v) is 6.97. The fourth-order valence-electron chi connectivity index (χ4n) is 6.57. The van der Waals surface area contributed by atoms with Crippen LogP contribution in [0.25, 0.3) is 0 Å². The molecule has 2 fully saturated rings. The maximum Gasteiger partial charge on any atom is 0.524 e. The maximum atomic E-state index is 14.2. The summed E-state index contributed by atoms with van der Waals surface area (Å²) >= 11 is 0. The molecule has 0 radical (unpaired) electrons. The first-order valence-electron chi connectivity index (χ1n) is 17.2. The van der Waals surface area contributed by atoms with Gasteiger partial charge in [-0.1, -0.05) is 55.3 Å². The van der Waals surface area contributed by atoms with E-state index in [2.05, 4.69) is 20.5 Å². The van der Waals surface area contributed by atoms with Gasteiger partial charge >= 0.3 is 13.8 Å². The minimum Gasteiger partial charge on any atom is -0.461 e. The lowest BCUT2D eigenvalue weighted by atomic mass is 9.93. The Morgan fingerprint density at radius 2 is 1.63 bits per heavy atom. The number of nitrogens with one attached hydrogen (secondary N) is 3. The molecule has 5 atom stereocenters. The van der Waals surface area contributed by atoms with Crippen molar-refractivity contribution in [3.8, 4) is 5.75 Å². The molecule has 0 aromatic heterocycles. The molecule has 2 heterocycles. The monoisotopic (exact) mass is 743 g/mol. The van der Waals surface area contributed by atoms with Crippen molar-refractivity contribution < 1.29 is 52.4 Å². The van der Waals surface area contributed by atoms with Crippen LogP contribution in [0, 0.1) is 5.92 Å². The molecule has 2 aromatic rings. The predicted octanol–water partition coefficient (Wildman–Crippen LogP) is 1.37. The van der Waals surface area contributed by atoms with Crippen LogP contribution in [0.3, 0.4) is 0 Å². The number of ether oxygens (including phenoxy) is 1. The number of carbonyl (C=O) groups excluding carboxylic acids is 6. The number of fused-ring (bicyclic) bond motifs is 1. The molecule has 0 saturated carbocycles. The van der Waals surface area contributed by atoms with E-state index < -0.39 is 67.4 Å². The van der Waals surface area contributed by atoms with Crippen molar-refractivity contribution in [2.24, 2.45) is 11.7 Å². The smallest absolute Gasteiger partial charge is 0.461 e. The molecule has 2 aromatic carbocycles. The highest BCUT2D eigenvalue weighted by molar-refractivity contribution is 7.46. The third-order valence-corrected chi connectivity index (χ3v) is 9.62. The molecule has 5 amide bonds. The Kier molecular flexibility index (Phi) is 14.3. The first kappa shape index (κ1) is 40.0. The van der Waals surface area contributed by atoms with E-state index in [-0.39, 0.29) is 44.1 Å². The summed E-state index contributed by atoms with van der Waals surface area (Å²) in [6, 6.07) is 11.5. The minimum atomic E-state index is -4.79. The third-order valence-electron chi connectivity index (χ3n) is 9.17. The van der Waals surface area contributed by atoms with Crippen LogP contribution in [0.5, 0.6) is 5.75 Å². The van der Waals surface area contributed by atoms with Crippen molar-refractivity contribution in [3.63, 3.8) is 0 Å². The summed E-state index contributed by atoms with van der Waals surface area (Å²) in [6.45, 7) is -0.00730. The van der Waals surface area contributed by atoms with Gasteiger partial charge in [-0.25, -0.2) is 4.57 Å². The van der Waals surface area contributed by atoms with Crippen molar-refractivity contribution in [3.05, 3.63) is 65.7 Å². The Hall–Kier alpha value is -4.79. The van der Waals surface area contributed by atoms with Gasteiger partial charge in [0.1, 0.15) is 30.5 Å². The molecule has 282 valence electrons. The number of hydrogen-bond donors (Lipinski definition) is 6. The van der Waals surface area contributed by atoms with Gasteiger partial charge in [-0.3, -0.25) is 38.6 Å². The van der Waals surface area contributed by atoms with E-state index in [9.17, 15) is 33.3 Å². The van der Waals surface area contributed by atoms with Crippen LogP contribution in [-0.4, -0.2) is 81.4 Å². The highest BCUT2D eigenvalue weighted by Crippen LogP contribution is 2.37. The molecule has 2 aliphatic rings. The van der Waals surface area contributed by atoms with Gasteiger partial charge in [0, 0.05) is 19.5 Å². The number of rotatable bonds is 16. The van der Waals surface area contributed by atoms with Gasteiger partial charge in [0.05, 0.1) is 12.3 Å². The summed E-state index contributed by atoms with van der Waals surface area (Å²) in [5.74, 6) is -4.46. The molecular weight excluding hydrogens is 697 g/mol. The molecule has 0 unspecified atom stereocenters. The molecule has 17 heteroatoms.